The van der Waals surface area contributed by atoms with Crippen molar-refractivity contribution >= 4 is 11.9 Å². The summed E-state index contributed by atoms with van der Waals surface area (Å²) >= 11 is 0. The SMILES string of the molecule is C=CC(=O)OC(=O)CCCCCC. The zero-order chi connectivity index (χ0) is 10.1. The molecule has 0 spiro atoms. The average molecular weight is 184 g/mol. The Kier molecular flexibility index (Phi) is 6.88. The van der Waals surface area contributed by atoms with Crippen molar-refractivity contribution in [1.82, 2.24) is 0 Å². The molecule has 0 aromatic carbocycles. The highest BCUT2D eigenvalue weighted by atomic mass is 16.6. The van der Waals surface area contributed by atoms with Crippen LogP contribution >= 0.6 is 0 Å². The number of carbonyl (C=O) groups is 2. The van der Waals surface area contributed by atoms with E-state index < -0.39 is 11.9 Å². The van der Waals surface area contributed by atoms with Crippen molar-refractivity contribution in [3.8, 4) is 0 Å². The van der Waals surface area contributed by atoms with E-state index in [1.54, 1.807) is 0 Å². The topological polar surface area (TPSA) is 43.4 Å². The number of unbranched alkanes of at least 4 members (excludes halogenated alkanes) is 3. The van der Waals surface area contributed by atoms with Gasteiger partial charge in [-0.3, -0.25) is 4.79 Å². The molecule has 0 radical (unpaired) electrons. The van der Waals surface area contributed by atoms with Gasteiger partial charge in [0, 0.05) is 12.5 Å². The summed E-state index contributed by atoms with van der Waals surface area (Å²) in [5.41, 5.74) is 0. The fraction of sp³-hybridized carbons (Fsp3) is 0.600. The zero-order valence-electron chi connectivity index (χ0n) is 8.04. The fourth-order valence-corrected chi connectivity index (χ4v) is 0.901. The van der Waals surface area contributed by atoms with E-state index in [4.69, 9.17) is 0 Å². The van der Waals surface area contributed by atoms with E-state index in [1.165, 1.54) is 0 Å². The van der Waals surface area contributed by atoms with Crippen LogP contribution in [0.1, 0.15) is 39.0 Å². The van der Waals surface area contributed by atoms with Gasteiger partial charge in [-0.05, 0) is 6.42 Å². The molecule has 0 aromatic heterocycles. The molecule has 0 aliphatic rings. The predicted molar refractivity (Wildman–Crippen MR) is 50.1 cm³/mol. The van der Waals surface area contributed by atoms with Crippen LogP contribution in [0.4, 0.5) is 0 Å². The van der Waals surface area contributed by atoms with Gasteiger partial charge in [0.15, 0.2) is 0 Å². The second-order valence-corrected chi connectivity index (χ2v) is 2.81. The number of esters is 2. The molecule has 0 amide bonds. The molecule has 0 heterocycles. The fourth-order valence-electron chi connectivity index (χ4n) is 0.901. The third-order valence-corrected chi connectivity index (χ3v) is 1.62. The number of rotatable bonds is 6. The summed E-state index contributed by atoms with van der Waals surface area (Å²) in [5, 5.41) is 0. The molecule has 0 rings (SSSR count). The molecule has 0 atom stereocenters. The molecule has 0 aliphatic carbocycles. The molecule has 13 heavy (non-hydrogen) atoms. The Bertz CT molecular complexity index is 185. The summed E-state index contributed by atoms with van der Waals surface area (Å²) in [6.45, 7) is 5.29. The van der Waals surface area contributed by atoms with Crippen LogP contribution in [0.2, 0.25) is 0 Å². The lowest BCUT2D eigenvalue weighted by Crippen LogP contribution is -2.09. The van der Waals surface area contributed by atoms with Gasteiger partial charge in [0.25, 0.3) is 0 Å². The number of ether oxygens (including phenoxy) is 1. The van der Waals surface area contributed by atoms with Gasteiger partial charge in [0.2, 0.25) is 0 Å². The van der Waals surface area contributed by atoms with Crippen molar-refractivity contribution in [3.05, 3.63) is 12.7 Å². The first kappa shape index (κ1) is 11.9. The van der Waals surface area contributed by atoms with Gasteiger partial charge in [0.05, 0.1) is 0 Å². The minimum absolute atomic E-state index is 0.319. The van der Waals surface area contributed by atoms with Crippen LogP contribution in [0, 0.1) is 0 Å². The lowest BCUT2D eigenvalue weighted by Gasteiger charge is -1.99. The lowest BCUT2D eigenvalue weighted by molar-refractivity contribution is -0.156. The third kappa shape index (κ3) is 7.25. The van der Waals surface area contributed by atoms with Crippen LogP contribution in [0.25, 0.3) is 0 Å². The standard InChI is InChI=1S/C10H16O3/c1-3-5-6-7-8-10(12)13-9(11)4-2/h4H,2-3,5-8H2,1H3. The molecule has 0 unspecified atom stereocenters. The van der Waals surface area contributed by atoms with E-state index in [-0.39, 0.29) is 0 Å². The summed E-state index contributed by atoms with van der Waals surface area (Å²) in [5.74, 6) is -1.12. The summed E-state index contributed by atoms with van der Waals surface area (Å²) in [6, 6.07) is 0. The van der Waals surface area contributed by atoms with Crippen LogP contribution in [0.3, 0.4) is 0 Å². The van der Waals surface area contributed by atoms with Crippen LogP contribution < -0.4 is 0 Å². The third-order valence-electron chi connectivity index (χ3n) is 1.62. The average Bonchev–Trinajstić information content (AvgIpc) is 2.12. The summed E-state index contributed by atoms with van der Waals surface area (Å²) < 4.78 is 4.38. The normalized spacial score (nSPS) is 9.31. The molecular formula is C10H16O3. The van der Waals surface area contributed by atoms with E-state index in [0.717, 1.165) is 31.8 Å². The van der Waals surface area contributed by atoms with Crippen LogP contribution in [-0.4, -0.2) is 11.9 Å². The smallest absolute Gasteiger partial charge is 0.337 e. The predicted octanol–water partition coefficient (Wildman–Crippen LogP) is 2.21. The molecule has 0 N–H and O–H groups in total. The maximum Gasteiger partial charge on any atom is 0.337 e. The van der Waals surface area contributed by atoms with Gasteiger partial charge in [0.1, 0.15) is 0 Å². The van der Waals surface area contributed by atoms with Crippen molar-refractivity contribution in [3.63, 3.8) is 0 Å². The van der Waals surface area contributed by atoms with Crippen molar-refractivity contribution in [1.29, 1.82) is 0 Å². The van der Waals surface area contributed by atoms with Crippen molar-refractivity contribution in [2.45, 2.75) is 39.0 Å². The van der Waals surface area contributed by atoms with E-state index in [1.807, 2.05) is 0 Å². The monoisotopic (exact) mass is 184 g/mol. The molecule has 74 valence electrons. The Balaban J connectivity index is 3.40. The van der Waals surface area contributed by atoms with Crippen molar-refractivity contribution < 1.29 is 14.3 Å². The quantitative estimate of drug-likeness (QED) is 0.275. The summed E-state index contributed by atoms with van der Waals surface area (Å²) in [6.07, 6.45) is 5.35. The Morgan fingerprint density at radius 1 is 1.31 bits per heavy atom. The van der Waals surface area contributed by atoms with E-state index in [0.29, 0.717) is 6.42 Å². The minimum Gasteiger partial charge on any atom is -0.390 e. The molecule has 0 saturated carbocycles. The Hall–Kier alpha value is -1.12. The van der Waals surface area contributed by atoms with E-state index in [2.05, 4.69) is 18.2 Å². The maximum absolute atomic E-state index is 10.9. The molecular weight excluding hydrogens is 168 g/mol. The second-order valence-electron chi connectivity index (χ2n) is 2.81. The highest BCUT2D eigenvalue weighted by Gasteiger charge is 2.05. The van der Waals surface area contributed by atoms with Crippen molar-refractivity contribution in [2.75, 3.05) is 0 Å². The Labute approximate surface area is 78.8 Å². The number of hydrogen-bond donors (Lipinski definition) is 0. The molecule has 0 saturated heterocycles. The number of hydrogen-bond acceptors (Lipinski definition) is 3. The van der Waals surface area contributed by atoms with Crippen LogP contribution in [-0.2, 0) is 14.3 Å². The molecule has 0 fully saturated rings. The van der Waals surface area contributed by atoms with Gasteiger partial charge in [-0.15, -0.1) is 0 Å². The van der Waals surface area contributed by atoms with Gasteiger partial charge in [-0.2, -0.15) is 0 Å². The summed E-state index contributed by atoms with van der Waals surface area (Å²) in [4.78, 5) is 21.4. The highest BCUT2D eigenvalue weighted by molar-refractivity contribution is 5.91. The van der Waals surface area contributed by atoms with E-state index in [9.17, 15) is 9.59 Å². The molecule has 0 aliphatic heterocycles. The van der Waals surface area contributed by atoms with Gasteiger partial charge in [-0.25, -0.2) is 4.79 Å². The van der Waals surface area contributed by atoms with E-state index >= 15 is 0 Å². The molecule has 0 bridgehead atoms. The van der Waals surface area contributed by atoms with Gasteiger partial charge < -0.3 is 4.74 Å². The van der Waals surface area contributed by atoms with Gasteiger partial charge >= 0.3 is 11.9 Å². The Morgan fingerprint density at radius 2 is 2.00 bits per heavy atom. The molecule has 3 heteroatoms. The second kappa shape index (κ2) is 7.53. The van der Waals surface area contributed by atoms with Crippen LogP contribution in [0.15, 0.2) is 12.7 Å². The molecule has 3 nitrogen and oxygen atoms in total. The van der Waals surface area contributed by atoms with Gasteiger partial charge in [-0.1, -0.05) is 32.8 Å². The zero-order valence-corrected chi connectivity index (χ0v) is 8.04. The van der Waals surface area contributed by atoms with Crippen LogP contribution in [0.5, 0.6) is 0 Å². The molecule has 0 aromatic rings. The first-order chi connectivity index (χ1) is 6.20. The highest BCUT2D eigenvalue weighted by Crippen LogP contribution is 2.03. The maximum atomic E-state index is 10.9. The number of carbonyl (C=O) groups excluding carboxylic acids is 2. The largest absolute Gasteiger partial charge is 0.390 e. The summed E-state index contributed by atoms with van der Waals surface area (Å²) in [7, 11) is 0. The lowest BCUT2D eigenvalue weighted by atomic mass is 10.2. The van der Waals surface area contributed by atoms with Crippen molar-refractivity contribution in [2.24, 2.45) is 0 Å². The minimum atomic E-state index is -0.666. The first-order valence-corrected chi connectivity index (χ1v) is 4.57. The Morgan fingerprint density at radius 3 is 2.54 bits per heavy atom. The first-order valence-electron chi connectivity index (χ1n) is 4.57.